The molecule has 96 valence electrons. The number of aromatic nitrogens is 2. The fourth-order valence-corrected chi connectivity index (χ4v) is 3.01. The van der Waals surface area contributed by atoms with Crippen LogP contribution in [-0.4, -0.2) is 17.0 Å². The Bertz CT molecular complexity index is 563. The van der Waals surface area contributed by atoms with Gasteiger partial charge in [-0.2, -0.15) is 0 Å². The van der Waals surface area contributed by atoms with Crippen molar-refractivity contribution in [1.29, 1.82) is 0 Å². The normalized spacial score (nSPS) is 11.0. The molecule has 0 aliphatic heterocycles. The predicted molar refractivity (Wildman–Crippen MR) is 78.7 cm³/mol. The maximum atomic E-state index is 5.94. The molecule has 0 saturated heterocycles. The third-order valence-corrected chi connectivity index (χ3v) is 4.01. The van der Waals surface area contributed by atoms with Crippen LogP contribution in [0.4, 0.5) is 5.82 Å². The summed E-state index contributed by atoms with van der Waals surface area (Å²) in [6, 6.07) is 1.90. The van der Waals surface area contributed by atoms with Gasteiger partial charge in [-0.1, -0.05) is 25.4 Å². The molecule has 0 unspecified atom stereocenters. The van der Waals surface area contributed by atoms with Gasteiger partial charge >= 0.3 is 0 Å². The molecule has 1 N–H and O–H groups in total. The summed E-state index contributed by atoms with van der Waals surface area (Å²) in [5, 5.41) is 5.78. The maximum Gasteiger partial charge on any atom is 0.171 e. The molecular formula is C13H16ClN3S. The zero-order valence-electron chi connectivity index (χ0n) is 10.9. The highest BCUT2D eigenvalue weighted by molar-refractivity contribution is 7.14. The number of aryl methyl sites for hydroxylation is 1. The van der Waals surface area contributed by atoms with Crippen LogP contribution in [0.5, 0.6) is 0 Å². The second kappa shape index (κ2) is 5.24. The molecule has 2 rings (SSSR count). The summed E-state index contributed by atoms with van der Waals surface area (Å²) in [5.74, 6) is 2.03. The Morgan fingerprint density at radius 3 is 2.56 bits per heavy atom. The molecule has 0 amide bonds. The van der Waals surface area contributed by atoms with E-state index in [4.69, 9.17) is 11.6 Å². The molecule has 0 aliphatic carbocycles. The first kappa shape index (κ1) is 13.3. The molecule has 3 nitrogen and oxygen atoms in total. The van der Waals surface area contributed by atoms with Crippen molar-refractivity contribution in [3.8, 4) is 10.7 Å². The zero-order chi connectivity index (χ0) is 13.3. The highest BCUT2D eigenvalue weighted by Gasteiger charge is 2.15. The summed E-state index contributed by atoms with van der Waals surface area (Å²) >= 11 is 7.50. The highest BCUT2D eigenvalue weighted by Crippen LogP contribution is 2.31. The van der Waals surface area contributed by atoms with Gasteiger partial charge in [0.05, 0.1) is 9.90 Å². The minimum absolute atomic E-state index is 0.397. The van der Waals surface area contributed by atoms with E-state index in [-0.39, 0.29) is 0 Å². The lowest BCUT2D eigenvalue weighted by Gasteiger charge is -2.15. The van der Waals surface area contributed by atoms with Crippen LogP contribution in [0, 0.1) is 6.92 Å². The maximum absolute atomic E-state index is 5.94. The number of nitrogens with one attached hydrogen (secondary N) is 1. The van der Waals surface area contributed by atoms with Gasteiger partial charge in [-0.05, 0) is 18.9 Å². The number of thiophene rings is 1. The monoisotopic (exact) mass is 281 g/mol. The Morgan fingerprint density at radius 2 is 2.06 bits per heavy atom. The second-order valence-electron chi connectivity index (χ2n) is 4.43. The van der Waals surface area contributed by atoms with Gasteiger partial charge in [0.25, 0.3) is 0 Å². The van der Waals surface area contributed by atoms with Crippen molar-refractivity contribution in [2.45, 2.75) is 26.7 Å². The van der Waals surface area contributed by atoms with Crippen LogP contribution < -0.4 is 5.32 Å². The van der Waals surface area contributed by atoms with Crippen molar-refractivity contribution in [3.63, 3.8) is 0 Å². The van der Waals surface area contributed by atoms with E-state index in [1.54, 1.807) is 11.3 Å². The van der Waals surface area contributed by atoms with Crippen LogP contribution in [0.15, 0.2) is 11.4 Å². The Hall–Kier alpha value is -1.13. The molecule has 0 saturated carbocycles. The van der Waals surface area contributed by atoms with E-state index in [0.717, 1.165) is 27.2 Å². The average Bonchev–Trinajstić information content (AvgIpc) is 2.74. The van der Waals surface area contributed by atoms with E-state index >= 15 is 0 Å². The summed E-state index contributed by atoms with van der Waals surface area (Å²) in [7, 11) is 1.89. The summed E-state index contributed by atoms with van der Waals surface area (Å²) in [4.78, 5) is 10.2. The fourth-order valence-electron chi connectivity index (χ4n) is 2.00. The van der Waals surface area contributed by atoms with Crippen molar-refractivity contribution < 1.29 is 0 Å². The summed E-state index contributed by atoms with van der Waals surface area (Å²) in [6.07, 6.45) is 0. The van der Waals surface area contributed by atoms with Gasteiger partial charge in [0.15, 0.2) is 5.82 Å². The number of nitrogens with zero attached hydrogens (tertiary/aromatic N) is 2. The van der Waals surface area contributed by atoms with E-state index in [0.29, 0.717) is 5.92 Å². The van der Waals surface area contributed by atoms with Gasteiger partial charge in [0.2, 0.25) is 0 Å². The van der Waals surface area contributed by atoms with Gasteiger partial charge in [-0.3, -0.25) is 0 Å². The lowest BCUT2D eigenvalue weighted by Crippen LogP contribution is -2.06. The minimum atomic E-state index is 0.397. The quantitative estimate of drug-likeness (QED) is 0.910. The zero-order valence-corrected chi connectivity index (χ0v) is 12.5. The Labute approximate surface area is 116 Å². The van der Waals surface area contributed by atoms with E-state index < -0.39 is 0 Å². The molecule has 0 radical (unpaired) electrons. The van der Waals surface area contributed by atoms with Crippen molar-refractivity contribution in [2.75, 3.05) is 12.4 Å². The van der Waals surface area contributed by atoms with Gasteiger partial charge in [0, 0.05) is 23.7 Å². The van der Waals surface area contributed by atoms with Crippen molar-refractivity contribution in [3.05, 3.63) is 27.7 Å². The molecule has 0 spiro atoms. The molecular weight excluding hydrogens is 266 g/mol. The number of rotatable bonds is 3. The van der Waals surface area contributed by atoms with Gasteiger partial charge in [-0.25, -0.2) is 9.97 Å². The fraction of sp³-hybridized carbons (Fsp3) is 0.385. The molecule has 0 atom stereocenters. The SMILES string of the molecule is CNc1nc(-c2cc(Cl)cs2)nc(C)c1C(C)C. The molecule has 0 aliphatic rings. The van der Waals surface area contributed by atoms with E-state index in [1.165, 1.54) is 5.56 Å². The first-order valence-corrected chi connectivity index (χ1v) is 7.09. The molecule has 0 aromatic carbocycles. The largest absolute Gasteiger partial charge is 0.373 e. The van der Waals surface area contributed by atoms with Crippen molar-refractivity contribution in [1.82, 2.24) is 9.97 Å². The first-order valence-electron chi connectivity index (χ1n) is 5.83. The molecule has 0 bridgehead atoms. The summed E-state index contributed by atoms with van der Waals surface area (Å²) in [5.41, 5.74) is 2.19. The van der Waals surface area contributed by atoms with Crippen LogP contribution in [0.3, 0.4) is 0 Å². The van der Waals surface area contributed by atoms with E-state index in [9.17, 15) is 0 Å². The molecule has 2 aromatic heterocycles. The molecule has 18 heavy (non-hydrogen) atoms. The van der Waals surface area contributed by atoms with Crippen LogP contribution in [0.2, 0.25) is 5.02 Å². The number of hydrogen-bond donors (Lipinski definition) is 1. The van der Waals surface area contributed by atoms with Crippen LogP contribution in [0.1, 0.15) is 31.0 Å². The molecule has 0 fully saturated rings. The summed E-state index contributed by atoms with van der Waals surface area (Å²) in [6.45, 7) is 6.32. The average molecular weight is 282 g/mol. The number of anilines is 1. The van der Waals surface area contributed by atoms with E-state index in [2.05, 4.69) is 29.1 Å². The summed E-state index contributed by atoms with van der Waals surface area (Å²) < 4.78 is 0. The van der Waals surface area contributed by atoms with Crippen LogP contribution in [0.25, 0.3) is 10.7 Å². The Balaban J connectivity index is 2.55. The lowest BCUT2D eigenvalue weighted by atomic mass is 10.0. The lowest BCUT2D eigenvalue weighted by molar-refractivity contribution is 0.834. The highest BCUT2D eigenvalue weighted by atomic mass is 35.5. The molecule has 5 heteroatoms. The minimum Gasteiger partial charge on any atom is -0.373 e. The third kappa shape index (κ3) is 2.49. The van der Waals surface area contributed by atoms with Crippen molar-refractivity contribution >= 4 is 28.8 Å². The van der Waals surface area contributed by atoms with Gasteiger partial charge in [0.1, 0.15) is 5.82 Å². The van der Waals surface area contributed by atoms with Crippen LogP contribution >= 0.6 is 22.9 Å². The number of halogens is 1. The van der Waals surface area contributed by atoms with E-state index in [1.807, 2.05) is 25.4 Å². The van der Waals surface area contributed by atoms with Gasteiger partial charge in [-0.15, -0.1) is 11.3 Å². The van der Waals surface area contributed by atoms with Crippen LogP contribution in [-0.2, 0) is 0 Å². The predicted octanol–water partition coefficient (Wildman–Crippen LogP) is 4.33. The second-order valence-corrected chi connectivity index (χ2v) is 5.78. The first-order chi connectivity index (χ1) is 8.52. The molecule has 2 aromatic rings. The number of hydrogen-bond acceptors (Lipinski definition) is 4. The Kier molecular flexibility index (Phi) is 3.88. The Morgan fingerprint density at radius 1 is 1.33 bits per heavy atom. The molecule has 2 heterocycles. The van der Waals surface area contributed by atoms with Gasteiger partial charge < -0.3 is 5.32 Å². The van der Waals surface area contributed by atoms with Crippen molar-refractivity contribution in [2.24, 2.45) is 0 Å². The smallest absolute Gasteiger partial charge is 0.171 e. The topological polar surface area (TPSA) is 37.8 Å². The third-order valence-electron chi connectivity index (χ3n) is 2.74. The standard InChI is InChI=1S/C13H16ClN3S/c1-7(2)11-8(3)16-12(17-13(11)15-4)10-5-9(14)6-18-10/h5-7H,1-4H3,(H,15,16,17).